The summed E-state index contributed by atoms with van der Waals surface area (Å²) < 4.78 is 80.3. The molecule has 1 fully saturated rings. The van der Waals surface area contributed by atoms with E-state index in [2.05, 4.69) is 10.3 Å². The number of carbonyl (C=O) groups is 1. The number of amides is 1. The molecule has 3 rings (SSSR count). The topological polar surface area (TPSA) is 86.5 Å². The highest BCUT2D eigenvalue weighted by molar-refractivity contribution is 5.95. The molecule has 0 saturated carbocycles. The van der Waals surface area contributed by atoms with Gasteiger partial charge in [-0.3, -0.25) is 9.78 Å². The summed E-state index contributed by atoms with van der Waals surface area (Å²) in [6.07, 6.45) is -5.13. The predicted octanol–water partition coefficient (Wildman–Crippen LogP) is 4.47. The lowest BCUT2D eigenvalue weighted by Crippen LogP contribution is -2.47. The minimum atomic E-state index is -4.84. The molecule has 0 radical (unpaired) electrons. The lowest BCUT2D eigenvalue weighted by Gasteiger charge is -2.32. The van der Waals surface area contributed by atoms with Crippen LogP contribution in [-0.2, 0) is 9.53 Å². The number of aromatic nitrogens is 1. The van der Waals surface area contributed by atoms with Crippen molar-refractivity contribution in [3.63, 3.8) is 0 Å². The van der Waals surface area contributed by atoms with Crippen LogP contribution in [0.2, 0.25) is 0 Å². The van der Waals surface area contributed by atoms with E-state index in [0.717, 1.165) is 26.2 Å². The first-order valence-electron chi connectivity index (χ1n) is 10.1. The van der Waals surface area contributed by atoms with Crippen molar-refractivity contribution in [1.82, 2.24) is 4.98 Å². The summed E-state index contributed by atoms with van der Waals surface area (Å²) in [5.41, 5.74) is 3.65. The van der Waals surface area contributed by atoms with Crippen LogP contribution in [0.1, 0.15) is 44.0 Å². The first kappa shape index (κ1) is 24.8. The van der Waals surface area contributed by atoms with Gasteiger partial charge in [0.05, 0.1) is 12.8 Å². The Labute approximate surface area is 187 Å². The Morgan fingerprint density at radius 1 is 1.30 bits per heavy atom. The van der Waals surface area contributed by atoms with Gasteiger partial charge >= 0.3 is 6.18 Å². The van der Waals surface area contributed by atoms with E-state index in [1.807, 2.05) is 0 Å². The van der Waals surface area contributed by atoms with Crippen LogP contribution in [0.5, 0.6) is 5.75 Å². The number of rotatable bonds is 5. The zero-order chi connectivity index (χ0) is 24.7. The lowest BCUT2D eigenvalue weighted by atomic mass is 9.77. The minimum absolute atomic E-state index is 0.108. The summed E-state index contributed by atoms with van der Waals surface area (Å²) in [4.78, 5) is 17.2. The monoisotopic (exact) mass is 473 g/mol. The average molecular weight is 473 g/mol. The average Bonchev–Trinajstić information content (AvgIpc) is 3.02. The number of alkyl halides is 3. The molecule has 0 aliphatic carbocycles. The number of hydrogen-bond donors (Lipinski definition) is 2. The fraction of sp³-hybridized carbons (Fsp3) is 0.455. The molecule has 3 N–H and O–H groups in total. The van der Waals surface area contributed by atoms with Crippen molar-refractivity contribution in [2.24, 2.45) is 11.7 Å². The molecule has 6 nitrogen and oxygen atoms in total. The van der Waals surface area contributed by atoms with Gasteiger partial charge in [-0.2, -0.15) is 17.6 Å². The fourth-order valence-electron chi connectivity index (χ4n) is 4.03. The number of halogens is 5. The van der Waals surface area contributed by atoms with Crippen molar-refractivity contribution in [1.29, 1.82) is 0 Å². The first-order chi connectivity index (χ1) is 15.3. The Morgan fingerprint density at radius 3 is 2.55 bits per heavy atom. The summed E-state index contributed by atoms with van der Waals surface area (Å²) in [5, 5.41) is 2.52. The highest BCUT2D eigenvalue weighted by Crippen LogP contribution is 2.55. The number of anilines is 1. The van der Waals surface area contributed by atoms with Gasteiger partial charge in [0.25, 0.3) is 5.91 Å². The third kappa shape index (κ3) is 4.39. The first-order valence-corrected chi connectivity index (χ1v) is 10.1. The standard InChI is InChI=1S/C22H24F5N3O3/c1-10-16(13-5-6-14(23)17(24)18(13)32-4)19(33-21(10,3)22(25,26)27)20(31)30-12-7-8-29-15(9-12)11(2)28/h5-11,16,19H,28H2,1-4H3,(H,29,30,31). The van der Waals surface area contributed by atoms with Gasteiger partial charge in [0.2, 0.25) is 5.82 Å². The quantitative estimate of drug-likeness (QED) is 0.626. The molecule has 180 valence electrons. The smallest absolute Gasteiger partial charge is 0.417 e. The van der Waals surface area contributed by atoms with E-state index in [1.165, 1.54) is 25.3 Å². The van der Waals surface area contributed by atoms with Crippen molar-refractivity contribution in [2.75, 3.05) is 12.4 Å². The molecule has 2 heterocycles. The van der Waals surface area contributed by atoms with Crippen LogP contribution in [0.3, 0.4) is 0 Å². The second-order valence-corrected chi connectivity index (χ2v) is 8.19. The van der Waals surface area contributed by atoms with Crippen molar-refractivity contribution < 1.29 is 36.2 Å². The lowest BCUT2D eigenvalue weighted by molar-refractivity contribution is -0.272. The summed E-state index contributed by atoms with van der Waals surface area (Å²) in [5.74, 6) is -6.71. The maximum absolute atomic E-state index is 14.4. The van der Waals surface area contributed by atoms with Crippen LogP contribution in [-0.4, -0.2) is 35.9 Å². The summed E-state index contributed by atoms with van der Waals surface area (Å²) in [7, 11) is 1.06. The van der Waals surface area contributed by atoms with Crippen LogP contribution >= 0.6 is 0 Å². The zero-order valence-electron chi connectivity index (χ0n) is 18.3. The van der Waals surface area contributed by atoms with E-state index in [9.17, 15) is 26.7 Å². The van der Waals surface area contributed by atoms with Gasteiger partial charge < -0.3 is 20.5 Å². The predicted molar refractivity (Wildman–Crippen MR) is 110 cm³/mol. The maximum Gasteiger partial charge on any atom is 0.417 e. The van der Waals surface area contributed by atoms with Gasteiger partial charge in [0.15, 0.2) is 17.2 Å². The van der Waals surface area contributed by atoms with Crippen LogP contribution in [0, 0.1) is 17.6 Å². The van der Waals surface area contributed by atoms with E-state index in [4.69, 9.17) is 15.2 Å². The number of pyridine rings is 1. The van der Waals surface area contributed by atoms with E-state index < -0.39 is 59.1 Å². The highest BCUT2D eigenvalue weighted by Gasteiger charge is 2.65. The molecule has 0 bridgehead atoms. The number of ether oxygens (including phenoxy) is 2. The molecule has 5 unspecified atom stereocenters. The molecule has 5 atom stereocenters. The third-order valence-electron chi connectivity index (χ3n) is 6.09. The van der Waals surface area contributed by atoms with Crippen LogP contribution in [0.4, 0.5) is 27.6 Å². The number of nitrogens with zero attached hydrogens (tertiary/aromatic N) is 1. The molecule has 11 heteroatoms. The van der Waals surface area contributed by atoms with Crippen LogP contribution in [0.15, 0.2) is 30.5 Å². The van der Waals surface area contributed by atoms with E-state index in [0.29, 0.717) is 5.69 Å². The highest BCUT2D eigenvalue weighted by atomic mass is 19.4. The molecular formula is C22H24F5N3O3. The molecule has 1 saturated heterocycles. The molecule has 1 aromatic heterocycles. The zero-order valence-corrected chi connectivity index (χ0v) is 18.3. The molecule has 1 aliphatic heterocycles. The Bertz CT molecular complexity index is 1050. The maximum atomic E-state index is 14.4. The number of nitrogens with two attached hydrogens (primary N) is 1. The normalized spacial score (nSPS) is 26.2. The second-order valence-electron chi connectivity index (χ2n) is 8.19. The van der Waals surface area contributed by atoms with Crippen molar-refractivity contribution in [2.45, 2.75) is 50.6 Å². The molecule has 1 aliphatic rings. The van der Waals surface area contributed by atoms with Gasteiger partial charge in [-0.1, -0.05) is 13.0 Å². The number of benzene rings is 1. The molecule has 1 aromatic carbocycles. The van der Waals surface area contributed by atoms with E-state index in [-0.39, 0.29) is 11.3 Å². The van der Waals surface area contributed by atoms with E-state index in [1.54, 1.807) is 6.92 Å². The molecule has 2 aromatic rings. The second kappa shape index (κ2) is 8.86. The molecule has 1 amide bonds. The van der Waals surface area contributed by atoms with Crippen molar-refractivity contribution >= 4 is 11.6 Å². The third-order valence-corrected chi connectivity index (χ3v) is 6.09. The van der Waals surface area contributed by atoms with E-state index >= 15 is 0 Å². The Hall–Kier alpha value is -2.79. The van der Waals surface area contributed by atoms with Gasteiger partial charge in [-0.05, 0) is 32.0 Å². The minimum Gasteiger partial charge on any atom is -0.493 e. The number of nitrogens with one attached hydrogen (secondary N) is 1. The molecule has 0 spiro atoms. The molecular weight excluding hydrogens is 449 g/mol. The number of carbonyl (C=O) groups excluding carboxylic acids is 1. The van der Waals surface area contributed by atoms with Crippen LogP contribution < -0.4 is 15.8 Å². The Kier molecular flexibility index (Phi) is 6.67. The van der Waals surface area contributed by atoms with Gasteiger partial charge in [0.1, 0.15) is 6.10 Å². The molecule has 33 heavy (non-hydrogen) atoms. The summed E-state index contributed by atoms with van der Waals surface area (Å²) in [6.45, 7) is 3.74. The number of methoxy groups -OCH3 is 1. The Balaban J connectivity index is 2.07. The largest absolute Gasteiger partial charge is 0.493 e. The van der Waals surface area contributed by atoms with Gasteiger partial charge in [-0.15, -0.1) is 0 Å². The summed E-state index contributed by atoms with van der Waals surface area (Å²) in [6, 6.07) is 4.35. The van der Waals surface area contributed by atoms with Gasteiger partial charge in [0, 0.05) is 35.3 Å². The van der Waals surface area contributed by atoms with Crippen LogP contribution in [0.25, 0.3) is 0 Å². The number of hydrogen-bond acceptors (Lipinski definition) is 5. The SMILES string of the molecule is COc1c(C2C(C(=O)Nc3ccnc(C(C)N)c3)OC(C)(C(F)(F)F)C2C)ccc(F)c1F. The Morgan fingerprint density at radius 2 is 1.97 bits per heavy atom. The summed E-state index contributed by atoms with van der Waals surface area (Å²) >= 11 is 0. The van der Waals surface area contributed by atoms with Crippen molar-refractivity contribution in [3.8, 4) is 5.75 Å². The van der Waals surface area contributed by atoms with Gasteiger partial charge in [-0.25, -0.2) is 4.39 Å². The van der Waals surface area contributed by atoms with Crippen molar-refractivity contribution in [3.05, 3.63) is 53.4 Å². The fourth-order valence-corrected chi connectivity index (χ4v) is 4.03.